The predicted octanol–water partition coefficient (Wildman–Crippen LogP) is 5.76. The maximum absolute atomic E-state index is 13.1. The molecular weight excluding hydrogens is 479 g/mol. The van der Waals surface area contributed by atoms with E-state index in [0.717, 1.165) is 18.2 Å². The molecule has 0 spiro atoms. The van der Waals surface area contributed by atoms with E-state index in [1.807, 2.05) is 24.8 Å². The molecule has 0 amide bonds. The fourth-order valence-corrected chi connectivity index (χ4v) is 4.11. The lowest BCUT2D eigenvalue weighted by Gasteiger charge is -2.38. The molecule has 1 aliphatic rings. The number of piperazine rings is 1. The van der Waals surface area contributed by atoms with Crippen LogP contribution >= 0.6 is 11.6 Å². The van der Waals surface area contributed by atoms with Gasteiger partial charge < -0.3 is 20.6 Å². The SMILES string of the molecule is CC/C=C(/C(N)=NC=Nc1cc(Cl)c(O)c(CC)c1)N1CCN(c2cccc(C(F)(F)F)c2)CC1. The molecule has 35 heavy (non-hydrogen) atoms. The minimum Gasteiger partial charge on any atom is -0.506 e. The predicted molar refractivity (Wildman–Crippen MR) is 136 cm³/mol. The maximum Gasteiger partial charge on any atom is 0.416 e. The fourth-order valence-electron chi connectivity index (χ4n) is 3.88. The molecule has 1 fully saturated rings. The van der Waals surface area contributed by atoms with Gasteiger partial charge in [0.2, 0.25) is 0 Å². The monoisotopic (exact) mass is 507 g/mol. The molecule has 2 aromatic rings. The fraction of sp³-hybridized carbons (Fsp3) is 0.360. The summed E-state index contributed by atoms with van der Waals surface area (Å²) in [5.41, 5.74) is 8.17. The summed E-state index contributed by atoms with van der Waals surface area (Å²) in [5, 5.41) is 10.2. The molecule has 0 saturated carbocycles. The Balaban J connectivity index is 1.70. The number of benzene rings is 2. The molecule has 3 N–H and O–H groups in total. The first-order valence-electron chi connectivity index (χ1n) is 11.4. The summed E-state index contributed by atoms with van der Waals surface area (Å²) < 4.78 is 39.2. The minimum atomic E-state index is -4.37. The third-order valence-corrected chi connectivity index (χ3v) is 6.02. The summed E-state index contributed by atoms with van der Waals surface area (Å²) in [4.78, 5) is 12.6. The van der Waals surface area contributed by atoms with Gasteiger partial charge in [-0.05, 0) is 48.7 Å². The Morgan fingerprint density at radius 2 is 1.86 bits per heavy atom. The van der Waals surface area contributed by atoms with Crippen molar-refractivity contribution in [1.82, 2.24) is 4.90 Å². The van der Waals surface area contributed by atoms with E-state index >= 15 is 0 Å². The Labute approximate surface area is 208 Å². The molecule has 6 nitrogen and oxygen atoms in total. The Hall–Kier alpha value is -3.20. The average Bonchev–Trinajstić information content (AvgIpc) is 2.84. The molecule has 10 heteroatoms. The van der Waals surface area contributed by atoms with Crippen molar-refractivity contribution in [2.75, 3.05) is 31.1 Å². The van der Waals surface area contributed by atoms with Crippen molar-refractivity contribution < 1.29 is 18.3 Å². The molecule has 2 aromatic carbocycles. The summed E-state index contributed by atoms with van der Waals surface area (Å²) in [6, 6.07) is 8.68. The number of aryl methyl sites for hydroxylation is 1. The van der Waals surface area contributed by atoms with Crippen molar-refractivity contribution >= 4 is 35.1 Å². The van der Waals surface area contributed by atoms with Crippen molar-refractivity contribution in [3.05, 3.63) is 64.3 Å². The molecule has 0 aliphatic carbocycles. The van der Waals surface area contributed by atoms with Crippen molar-refractivity contribution in [3.8, 4) is 5.75 Å². The third kappa shape index (κ3) is 6.69. The van der Waals surface area contributed by atoms with Gasteiger partial charge in [0.1, 0.15) is 17.9 Å². The molecule has 0 radical (unpaired) electrons. The van der Waals surface area contributed by atoms with Gasteiger partial charge >= 0.3 is 6.18 Å². The van der Waals surface area contributed by atoms with Crippen molar-refractivity contribution in [3.63, 3.8) is 0 Å². The van der Waals surface area contributed by atoms with Crippen LogP contribution in [0.1, 0.15) is 31.4 Å². The van der Waals surface area contributed by atoms with Crippen molar-refractivity contribution in [2.24, 2.45) is 15.7 Å². The van der Waals surface area contributed by atoms with Gasteiger partial charge in [0.15, 0.2) is 0 Å². The number of amidine groups is 1. The topological polar surface area (TPSA) is 77.4 Å². The summed E-state index contributed by atoms with van der Waals surface area (Å²) in [6.07, 6.45) is 0.296. The molecule has 0 aromatic heterocycles. The van der Waals surface area contributed by atoms with Gasteiger partial charge in [0, 0.05) is 31.9 Å². The lowest BCUT2D eigenvalue weighted by atomic mass is 10.1. The highest BCUT2D eigenvalue weighted by Crippen LogP contribution is 2.33. The first-order valence-corrected chi connectivity index (χ1v) is 11.8. The normalized spacial score (nSPS) is 15.8. The second-order valence-electron chi connectivity index (χ2n) is 8.07. The number of phenols is 1. The summed E-state index contributed by atoms with van der Waals surface area (Å²) in [6.45, 7) is 6.17. The van der Waals surface area contributed by atoms with Gasteiger partial charge in [-0.25, -0.2) is 9.98 Å². The van der Waals surface area contributed by atoms with Gasteiger partial charge in [0.25, 0.3) is 0 Å². The van der Waals surface area contributed by atoms with E-state index in [-0.39, 0.29) is 10.8 Å². The molecule has 0 unspecified atom stereocenters. The second kappa shape index (κ2) is 11.5. The number of aromatic hydroxyl groups is 1. The number of halogens is 4. The molecule has 0 atom stereocenters. The third-order valence-electron chi connectivity index (χ3n) is 5.73. The number of phenolic OH excluding ortho intramolecular Hbond substituents is 1. The van der Waals surface area contributed by atoms with Crippen molar-refractivity contribution in [1.29, 1.82) is 0 Å². The van der Waals surface area contributed by atoms with Gasteiger partial charge in [-0.3, -0.25) is 0 Å². The number of hydrogen-bond acceptors (Lipinski definition) is 4. The first-order chi connectivity index (χ1) is 16.6. The average molecular weight is 508 g/mol. The van der Waals surface area contributed by atoms with Gasteiger partial charge in [-0.1, -0.05) is 37.6 Å². The van der Waals surface area contributed by atoms with Crippen LogP contribution in [-0.2, 0) is 12.6 Å². The van der Waals surface area contributed by atoms with Crippen LogP contribution in [0.5, 0.6) is 5.75 Å². The molecule has 188 valence electrons. The van der Waals surface area contributed by atoms with E-state index in [1.165, 1.54) is 18.5 Å². The van der Waals surface area contributed by atoms with Crippen LogP contribution < -0.4 is 10.6 Å². The number of alkyl halides is 3. The number of hydrogen-bond donors (Lipinski definition) is 2. The van der Waals surface area contributed by atoms with Crippen LogP contribution in [-0.4, -0.2) is 48.4 Å². The van der Waals surface area contributed by atoms with Crippen LogP contribution in [0.2, 0.25) is 5.02 Å². The number of rotatable bonds is 7. The Morgan fingerprint density at radius 3 is 2.49 bits per heavy atom. The highest BCUT2D eigenvalue weighted by atomic mass is 35.5. The zero-order valence-electron chi connectivity index (χ0n) is 19.7. The van der Waals surface area contributed by atoms with Crippen LogP contribution in [0.4, 0.5) is 24.5 Å². The Bertz CT molecular complexity index is 1120. The number of aliphatic imine (C=N–C) groups is 2. The first kappa shape index (κ1) is 26.4. The molecule has 3 rings (SSSR count). The molecule has 1 aliphatic heterocycles. The summed E-state index contributed by atoms with van der Waals surface area (Å²) in [5.74, 6) is 0.345. The van der Waals surface area contributed by atoms with E-state index in [1.54, 1.807) is 18.2 Å². The summed E-state index contributed by atoms with van der Waals surface area (Å²) in [7, 11) is 0. The molecule has 0 bridgehead atoms. The van der Waals surface area contributed by atoms with E-state index < -0.39 is 11.7 Å². The van der Waals surface area contributed by atoms with Crippen LogP contribution in [0.3, 0.4) is 0 Å². The van der Waals surface area contributed by atoms with E-state index in [0.29, 0.717) is 55.4 Å². The standard InChI is InChI=1S/C25H29ClF3N5O/c1-3-6-22(24(30)32-16-31-19-13-17(4-2)23(35)21(26)15-19)34-11-9-33(10-12-34)20-8-5-7-18(14-20)25(27,28)29/h5-8,13-16,35H,3-4,9-12H2,1-2H3,(H2,30,31,32)/b22-6-. The highest BCUT2D eigenvalue weighted by Gasteiger charge is 2.31. The van der Waals surface area contributed by atoms with Gasteiger partial charge in [-0.15, -0.1) is 0 Å². The largest absolute Gasteiger partial charge is 0.506 e. The number of anilines is 1. The van der Waals surface area contributed by atoms with Gasteiger partial charge in [0.05, 0.1) is 22.0 Å². The zero-order chi connectivity index (χ0) is 25.6. The number of nitrogens with two attached hydrogens (primary N) is 1. The van der Waals surface area contributed by atoms with Crippen LogP contribution in [0.25, 0.3) is 0 Å². The molecule has 1 saturated heterocycles. The maximum atomic E-state index is 13.1. The lowest BCUT2D eigenvalue weighted by Crippen LogP contribution is -2.48. The smallest absolute Gasteiger partial charge is 0.416 e. The Kier molecular flexibility index (Phi) is 8.67. The summed E-state index contributed by atoms with van der Waals surface area (Å²) >= 11 is 6.06. The lowest BCUT2D eigenvalue weighted by molar-refractivity contribution is -0.137. The van der Waals surface area contributed by atoms with Crippen LogP contribution in [0.15, 0.2) is 58.2 Å². The number of allylic oxidation sites excluding steroid dienone is 1. The highest BCUT2D eigenvalue weighted by molar-refractivity contribution is 6.32. The van der Waals surface area contributed by atoms with E-state index in [9.17, 15) is 18.3 Å². The zero-order valence-corrected chi connectivity index (χ0v) is 20.4. The number of nitrogens with zero attached hydrogens (tertiary/aromatic N) is 4. The van der Waals surface area contributed by atoms with Gasteiger partial charge in [-0.2, -0.15) is 13.2 Å². The van der Waals surface area contributed by atoms with Crippen molar-refractivity contribution in [2.45, 2.75) is 32.9 Å². The molecule has 1 heterocycles. The minimum absolute atomic E-state index is 0.0496. The quantitative estimate of drug-likeness (QED) is 0.369. The van der Waals surface area contributed by atoms with E-state index in [4.69, 9.17) is 17.3 Å². The Morgan fingerprint density at radius 1 is 1.14 bits per heavy atom. The van der Waals surface area contributed by atoms with Crippen LogP contribution in [0, 0.1) is 0 Å². The second-order valence-corrected chi connectivity index (χ2v) is 8.47. The van der Waals surface area contributed by atoms with E-state index in [2.05, 4.69) is 14.9 Å². The molecular formula is C25H29ClF3N5O.